The van der Waals surface area contributed by atoms with Crippen LogP contribution in [0.1, 0.15) is 28.8 Å². The number of nitrogens with zero attached hydrogens (tertiary/aromatic N) is 1. The Morgan fingerprint density at radius 2 is 1.74 bits per heavy atom. The molecule has 1 aliphatic rings. The molecule has 0 radical (unpaired) electrons. The lowest BCUT2D eigenvalue weighted by molar-refractivity contribution is 0.0986. The number of ether oxygens (including phenoxy) is 1. The fraction of sp³-hybridized carbons (Fsp3) is 0.208. The van der Waals surface area contributed by atoms with Gasteiger partial charge in [-0.25, -0.2) is 8.42 Å². The van der Waals surface area contributed by atoms with Gasteiger partial charge in [0.05, 0.1) is 12.0 Å². The molecule has 3 aromatic rings. The Balaban J connectivity index is 1.61. The van der Waals surface area contributed by atoms with Gasteiger partial charge in [0, 0.05) is 23.5 Å². The molecule has 0 saturated carbocycles. The van der Waals surface area contributed by atoms with Gasteiger partial charge >= 0.3 is 0 Å². The normalized spacial score (nSPS) is 13.8. The quantitative estimate of drug-likeness (QED) is 0.640. The summed E-state index contributed by atoms with van der Waals surface area (Å²) in [4.78, 5) is 15.1. The number of rotatable bonds is 5. The average Bonchev–Trinajstić information content (AvgIpc) is 3.01. The van der Waals surface area contributed by atoms with Gasteiger partial charge in [0.1, 0.15) is 5.75 Å². The van der Waals surface area contributed by atoms with E-state index < -0.39 is 10.0 Å². The predicted octanol–water partition coefficient (Wildman–Crippen LogP) is 4.48. The number of methoxy groups -OCH3 is 1. The van der Waals surface area contributed by atoms with Crippen molar-refractivity contribution in [1.29, 1.82) is 0 Å². The third-order valence-electron chi connectivity index (χ3n) is 5.34. The molecular weight excluding hydrogens is 412 g/mol. The zero-order chi connectivity index (χ0) is 21.8. The molecule has 1 amide bonds. The van der Waals surface area contributed by atoms with E-state index in [1.165, 1.54) is 12.1 Å². The van der Waals surface area contributed by atoms with E-state index in [-0.39, 0.29) is 10.8 Å². The molecule has 6 nitrogen and oxygen atoms in total. The maximum atomic E-state index is 13.3. The SMILES string of the molecule is COc1ccc(NS(=O)(=O)c2cccc(C(=O)N3CCCCc4ccccc43)c2)cc1. The first-order chi connectivity index (χ1) is 15.0. The van der Waals surface area contributed by atoms with E-state index in [1.807, 2.05) is 24.3 Å². The highest BCUT2D eigenvalue weighted by Crippen LogP contribution is 2.28. The number of carbonyl (C=O) groups excluding carboxylic acids is 1. The number of para-hydroxylation sites is 1. The van der Waals surface area contributed by atoms with Gasteiger partial charge in [0.2, 0.25) is 0 Å². The van der Waals surface area contributed by atoms with E-state index in [0.29, 0.717) is 23.5 Å². The van der Waals surface area contributed by atoms with Crippen LogP contribution in [0.15, 0.2) is 77.7 Å². The lowest BCUT2D eigenvalue weighted by Gasteiger charge is -2.23. The molecule has 4 rings (SSSR count). The highest BCUT2D eigenvalue weighted by Gasteiger charge is 2.24. The van der Waals surface area contributed by atoms with Gasteiger partial charge in [-0.1, -0.05) is 24.3 Å². The molecule has 0 aliphatic carbocycles. The lowest BCUT2D eigenvalue weighted by atomic mass is 10.1. The van der Waals surface area contributed by atoms with E-state index in [0.717, 1.165) is 30.5 Å². The molecule has 160 valence electrons. The van der Waals surface area contributed by atoms with Crippen molar-refractivity contribution in [3.8, 4) is 5.75 Å². The molecule has 0 saturated heterocycles. The number of hydrogen-bond acceptors (Lipinski definition) is 4. The number of sulfonamides is 1. The number of nitrogens with one attached hydrogen (secondary N) is 1. The number of benzene rings is 3. The smallest absolute Gasteiger partial charge is 0.261 e. The number of amides is 1. The second kappa shape index (κ2) is 8.81. The fourth-order valence-corrected chi connectivity index (χ4v) is 4.83. The fourth-order valence-electron chi connectivity index (χ4n) is 3.73. The summed E-state index contributed by atoms with van der Waals surface area (Å²) >= 11 is 0. The molecule has 0 unspecified atom stereocenters. The molecule has 31 heavy (non-hydrogen) atoms. The second-order valence-electron chi connectivity index (χ2n) is 7.40. The molecule has 1 aliphatic heterocycles. The van der Waals surface area contributed by atoms with Gasteiger partial charge < -0.3 is 9.64 Å². The van der Waals surface area contributed by atoms with Crippen LogP contribution in [0.25, 0.3) is 0 Å². The van der Waals surface area contributed by atoms with Crippen molar-refractivity contribution in [2.75, 3.05) is 23.3 Å². The number of carbonyl (C=O) groups is 1. The number of anilines is 2. The molecular formula is C24H24N2O4S. The summed E-state index contributed by atoms with van der Waals surface area (Å²) < 4.78 is 33.4. The van der Waals surface area contributed by atoms with Crippen molar-refractivity contribution < 1.29 is 17.9 Å². The predicted molar refractivity (Wildman–Crippen MR) is 121 cm³/mol. The molecule has 0 spiro atoms. The summed E-state index contributed by atoms with van der Waals surface area (Å²) in [6.45, 7) is 0.608. The summed E-state index contributed by atoms with van der Waals surface area (Å²) in [5, 5.41) is 0. The van der Waals surface area contributed by atoms with E-state index in [4.69, 9.17) is 4.74 Å². The summed E-state index contributed by atoms with van der Waals surface area (Å²) in [6.07, 6.45) is 2.85. The van der Waals surface area contributed by atoms with Crippen molar-refractivity contribution in [2.45, 2.75) is 24.2 Å². The van der Waals surface area contributed by atoms with Crippen LogP contribution in [0.3, 0.4) is 0 Å². The van der Waals surface area contributed by atoms with E-state index >= 15 is 0 Å². The van der Waals surface area contributed by atoms with Crippen molar-refractivity contribution >= 4 is 27.3 Å². The first-order valence-corrected chi connectivity index (χ1v) is 11.6. The molecule has 1 N–H and O–H groups in total. The third-order valence-corrected chi connectivity index (χ3v) is 6.72. The van der Waals surface area contributed by atoms with Crippen LogP contribution < -0.4 is 14.4 Å². The van der Waals surface area contributed by atoms with Crippen molar-refractivity contribution in [1.82, 2.24) is 0 Å². The molecule has 0 bridgehead atoms. The minimum atomic E-state index is -3.85. The molecule has 7 heteroatoms. The van der Waals surface area contributed by atoms with E-state index in [2.05, 4.69) is 4.72 Å². The van der Waals surface area contributed by atoms with Crippen LogP contribution in [0.2, 0.25) is 0 Å². The zero-order valence-electron chi connectivity index (χ0n) is 17.2. The largest absolute Gasteiger partial charge is 0.497 e. The summed E-state index contributed by atoms with van der Waals surface area (Å²) in [7, 11) is -2.30. The standard InChI is InChI=1S/C24H24N2O4S/c1-30-21-14-12-20(13-15-21)25-31(28,29)22-10-6-9-19(17-22)24(27)26-16-5-4-8-18-7-2-3-11-23(18)26/h2-3,6-7,9-15,17,25H,4-5,8,16H2,1H3. The van der Waals surface area contributed by atoms with Crippen LogP contribution in [0, 0.1) is 0 Å². The zero-order valence-corrected chi connectivity index (χ0v) is 18.1. The Bertz CT molecular complexity index is 1190. The van der Waals surface area contributed by atoms with Crippen LogP contribution in [0.4, 0.5) is 11.4 Å². The summed E-state index contributed by atoms with van der Waals surface area (Å²) in [5.74, 6) is 0.434. The Hall–Kier alpha value is -3.32. The second-order valence-corrected chi connectivity index (χ2v) is 9.09. The van der Waals surface area contributed by atoms with E-state index in [9.17, 15) is 13.2 Å². The van der Waals surface area contributed by atoms with Gasteiger partial charge in [-0.3, -0.25) is 9.52 Å². The van der Waals surface area contributed by atoms with Gasteiger partial charge in [-0.05, 0) is 73.4 Å². The molecule has 0 fully saturated rings. The minimum absolute atomic E-state index is 0.0391. The molecule has 0 atom stereocenters. The number of hydrogen-bond donors (Lipinski definition) is 1. The van der Waals surface area contributed by atoms with Crippen LogP contribution in [0.5, 0.6) is 5.75 Å². The maximum absolute atomic E-state index is 13.3. The topological polar surface area (TPSA) is 75.7 Å². The first kappa shape index (κ1) is 20.9. The highest BCUT2D eigenvalue weighted by atomic mass is 32.2. The Morgan fingerprint density at radius 3 is 2.52 bits per heavy atom. The maximum Gasteiger partial charge on any atom is 0.261 e. The lowest BCUT2D eigenvalue weighted by Crippen LogP contribution is -2.32. The Morgan fingerprint density at radius 1 is 0.968 bits per heavy atom. The Kier molecular flexibility index (Phi) is 5.95. The van der Waals surface area contributed by atoms with Gasteiger partial charge in [-0.15, -0.1) is 0 Å². The van der Waals surface area contributed by atoms with Crippen LogP contribution in [-0.2, 0) is 16.4 Å². The third kappa shape index (κ3) is 4.56. The van der Waals surface area contributed by atoms with Crippen LogP contribution in [-0.4, -0.2) is 28.0 Å². The summed E-state index contributed by atoms with van der Waals surface area (Å²) in [6, 6.07) is 20.7. The van der Waals surface area contributed by atoms with Crippen molar-refractivity contribution in [3.63, 3.8) is 0 Å². The van der Waals surface area contributed by atoms with Gasteiger partial charge in [-0.2, -0.15) is 0 Å². The van der Waals surface area contributed by atoms with Crippen molar-refractivity contribution in [3.05, 3.63) is 83.9 Å². The number of aryl methyl sites for hydroxylation is 1. The van der Waals surface area contributed by atoms with Crippen LogP contribution >= 0.6 is 0 Å². The monoisotopic (exact) mass is 436 g/mol. The Labute approximate surface area is 182 Å². The highest BCUT2D eigenvalue weighted by molar-refractivity contribution is 7.92. The van der Waals surface area contributed by atoms with Crippen molar-refractivity contribution in [2.24, 2.45) is 0 Å². The van der Waals surface area contributed by atoms with Gasteiger partial charge in [0.25, 0.3) is 15.9 Å². The van der Waals surface area contributed by atoms with Gasteiger partial charge in [0.15, 0.2) is 0 Å². The molecule has 1 heterocycles. The molecule has 3 aromatic carbocycles. The first-order valence-electron chi connectivity index (χ1n) is 10.1. The number of fused-ring (bicyclic) bond motifs is 1. The summed E-state index contributed by atoms with van der Waals surface area (Å²) in [5.41, 5.74) is 2.79. The minimum Gasteiger partial charge on any atom is -0.497 e. The molecule has 0 aromatic heterocycles. The average molecular weight is 437 g/mol. The van der Waals surface area contributed by atoms with E-state index in [1.54, 1.807) is 48.4 Å².